The number of hydrogen-bond acceptors (Lipinski definition) is 6. The van der Waals surface area contributed by atoms with Crippen molar-refractivity contribution >= 4 is 46.0 Å². The van der Waals surface area contributed by atoms with Crippen molar-refractivity contribution in [3.05, 3.63) is 82.9 Å². The molecule has 4 saturated carbocycles. The molecule has 0 spiro atoms. The molecule has 2 heterocycles. The quantitative estimate of drug-likeness (QED) is 0.333. The van der Waals surface area contributed by atoms with E-state index in [0.29, 0.717) is 36.4 Å². The number of benzene rings is 3. The molecular formula is C43H52ClN5O5. The second-order valence-corrected chi connectivity index (χ2v) is 17.6. The van der Waals surface area contributed by atoms with Crippen LogP contribution >= 0.6 is 11.6 Å². The van der Waals surface area contributed by atoms with Gasteiger partial charge in [0.15, 0.2) is 0 Å². The lowest BCUT2D eigenvalue weighted by Crippen LogP contribution is -2.64. The molecule has 2 N–H and O–H groups in total. The lowest BCUT2D eigenvalue weighted by atomic mass is 9.43. The van der Waals surface area contributed by atoms with Gasteiger partial charge in [0, 0.05) is 64.2 Å². The topological polar surface area (TPSA) is 113 Å². The van der Waals surface area contributed by atoms with Crippen molar-refractivity contribution in [3.63, 3.8) is 0 Å². The largest absolute Gasteiger partial charge is 0.391 e. The number of halogens is 1. The molecule has 3 aromatic rings. The van der Waals surface area contributed by atoms with Gasteiger partial charge in [-0.05, 0) is 85.4 Å². The summed E-state index contributed by atoms with van der Waals surface area (Å²) in [5, 5.41) is 16.7. The van der Waals surface area contributed by atoms with Gasteiger partial charge in [-0.25, -0.2) is 0 Å². The SMILES string of the molecule is CN1CCN(C(=O)C23CC4CC(C2)CC(C(=O)N2C[C@H](O)CC2C(=O)NC(Cc2ccc5ccccc5c2)C(=O)N(C)Cc2ccccc2Cl)(C4)C3)CC1. The van der Waals surface area contributed by atoms with E-state index in [1.54, 1.807) is 22.9 Å². The Morgan fingerprint density at radius 2 is 1.52 bits per heavy atom. The molecule has 9 rings (SSSR count). The van der Waals surface area contributed by atoms with Crippen molar-refractivity contribution in [1.29, 1.82) is 0 Å². The fourth-order valence-corrected chi connectivity index (χ4v) is 11.2. The number of β-amino-alcohol motifs (C(OH)–C–C–N with tert-alkyl or cyclic N) is 1. The smallest absolute Gasteiger partial charge is 0.245 e. The number of likely N-dealkylation sites (N-methyl/N-ethyl adjacent to an activating group) is 2. The highest BCUT2D eigenvalue weighted by Gasteiger charge is 2.65. The van der Waals surface area contributed by atoms with Crippen LogP contribution in [0.2, 0.25) is 5.02 Å². The zero-order valence-electron chi connectivity index (χ0n) is 31.4. The van der Waals surface area contributed by atoms with Gasteiger partial charge >= 0.3 is 0 Å². The second-order valence-electron chi connectivity index (χ2n) is 17.2. The minimum absolute atomic E-state index is 0.0586. The molecular weight excluding hydrogens is 702 g/mol. The van der Waals surface area contributed by atoms with Crippen molar-refractivity contribution in [2.75, 3.05) is 46.8 Å². The highest BCUT2D eigenvalue weighted by atomic mass is 35.5. The lowest BCUT2D eigenvalue weighted by molar-refractivity contribution is -0.181. The number of rotatable bonds is 9. The Bertz CT molecular complexity index is 1930. The van der Waals surface area contributed by atoms with Crippen LogP contribution in [0.15, 0.2) is 66.7 Å². The van der Waals surface area contributed by atoms with E-state index >= 15 is 0 Å². The number of likely N-dealkylation sites (tertiary alicyclic amines) is 1. The highest BCUT2D eigenvalue weighted by molar-refractivity contribution is 6.31. The Balaban J connectivity index is 1.04. The number of carbonyl (C=O) groups is 4. The van der Waals surface area contributed by atoms with Crippen molar-refractivity contribution in [1.82, 2.24) is 24.9 Å². The van der Waals surface area contributed by atoms with Gasteiger partial charge in [0.1, 0.15) is 12.1 Å². The van der Waals surface area contributed by atoms with Gasteiger partial charge < -0.3 is 30.0 Å². The van der Waals surface area contributed by atoms with Gasteiger partial charge in [0.2, 0.25) is 23.6 Å². The number of nitrogens with zero attached hydrogens (tertiary/aromatic N) is 4. The molecule has 11 heteroatoms. The lowest BCUT2D eigenvalue weighted by Gasteiger charge is -2.61. The molecule has 6 aliphatic rings. The second kappa shape index (κ2) is 14.6. The van der Waals surface area contributed by atoms with Crippen LogP contribution in [0.5, 0.6) is 0 Å². The molecule has 0 aromatic heterocycles. The molecule has 4 unspecified atom stereocenters. The zero-order chi connectivity index (χ0) is 37.8. The average molecular weight is 754 g/mol. The maximum Gasteiger partial charge on any atom is 0.245 e. The summed E-state index contributed by atoms with van der Waals surface area (Å²) in [6.45, 7) is 3.43. The Morgan fingerprint density at radius 3 is 2.22 bits per heavy atom. The van der Waals surface area contributed by atoms with Crippen LogP contribution < -0.4 is 5.32 Å². The molecule has 286 valence electrons. The molecule has 5 atom stereocenters. The first-order chi connectivity index (χ1) is 25.9. The van der Waals surface area contributed by atoms with Gasteiger partial charge in [0.25, 0.3) is 0 Å². The van der Waals surface area contributed by atoms with Crippen LogP contribution in [0.3, 0.4) is 0 Å². The predicted molar refractivity (Wildman–Crippen MR) is 207 cm³/mol. The Kier molecular flexibility index (Phi) is 9.98. The van der Waals surface area contributed by atoms with Gasteiger partial charge in [-0.1, -0.05) is 72.3 Å². The van der Waals surface area contributed by atoms with Crippen molar-refractivity contribution in [2.45, 2.75) is 76.1 Å². The number of carbonyl (C=O) groups excluding carboxylic acids is 4. The van der Waals surface area contributed by atoms with E-state index in [2.05, 4.69) is 17.3 Å². The molecule has 54 heavy (non-hydrogen) atoms. The highest BCUT2D eigenvalue weighted by Crippen LogP contribution is 2.66. The zero-order valence-corrected chi connectivity index (χ0v) is 32.1. The summed E-state index contributed by atoms with van der Waals surface area (Å²) in [4.78, 5) is 65.3. The summed E-state index contributed by atoms with van der Waals surface area (Å²) in [6, 6.07) is 19.6. The molecule has 4 aliphatic carbocycles. The summed E-state index contributed by atoms with van der Waals surface area (Å²) in [5.74, 6) is -0.0461. The van der Waals surface area contributed by atoms with Crippen molar-refractivity contribution in [3.8, 4) is 0 Å². The standard InChI is InChI=1S/C43H52ClN5O5/c1-46-13-15-48(16-14-46)40(53)42-21-29-17-30(22-42)24-43(23-29,27-42)41(54)49-26-34(50)20-37(49)38(51)45-36(19-28-11-12-31-7-3-4-8-32(31)18-28)39(52)47(2)25-33-9-5-6-10-35(33)44/h3-12,18,29-30,34,36-37,50H,13-17,19-27H2,1-2H3,(H,45,51)/t29?,30?,34-,36?,37?,42?,43?/m1/s1. The number of aliphatic hydroxyl groups excluding tert-OH is 1. The fraction of sp³-hybridized carbons (Fsp3) is 0.535. The summed E-state index contributed by atoms with van der Waals surface area (Å²) in [6.07, 6.45) is 4.12. The van der Waals surface area contributed by atoms with E-state index in [9.17, 15) is 24.3 Å². The molecule has 10 nitrogen and oxygen atoms in total. The predicted octanol–water partition coefficient (Wildman–Crippen LogP) is 4.50. The van der Waals surface area contributed by atoms with E-state index in [1.165, 1.54) is 0 Å². The van der Waals surface area contributed by atoms with Crippen molar-refractivity contribution in [2.24, 2.45) is 22.7 Å². The maximum absolute atomic E-state index is 14.9. The molecule has 2 aliphatic heterocycles. The Hall–Kier alpha value is -3.99. The third kappa shape index (κ3) is 7.01. The molecule has 2 saturated heterocycles. The maximum atomic E-state index is 14.9. The monoisotopic (exact) mass is 753 g/mol. The number of fused-ring (bicyclic) bond motifs is 1. The van der Waals surface area contributed by atoms with Crippen LogP contribution in [0.25, 0.3) is 10.8 Å². The number of hydrogen-bond donors (Lipinski definition) is 2. The number of aliphatic hydroxyl groups is 1. The first-order valence-electron chi connectivity index (χ1n) is 19.7. The van der Waals surface area contributed by atoms with Gasteiger partial charge in [0.05, 0.1) is 16.9 Å². The van der Waals surface area contributed by atoms with Crippen LogP contribution in [-0.4, -0.2) is 113 Å². The van der Waals surface area contributed by atoms with E-state index in [-0.39, 0.29) is 43.7 Å². The van der Waals surface area contributed by atoms with Crippen LogP contribution in [0.1, 0.15) is 56.1 Å². The minimum atomic E-state index is -0.926. The molecule has 4 amide bonds. The van der Waals surface area contributed by atoms with Crippen molar-refractivity contribution < 1.29 is 24.3 Å². The first kappa shape index (κ1) is 37.0. The normalized spacial score (nSPS) is 29.7. The van der Waals surface area contributed by atoms with Gasteiger partial charge in [-0.15, -0.1) is 0 Å². The number of amides is 4. The third-order valence-electron chi connectivity index (χ3n) is 13.2. The van der Waals surface area contributed by atoms with Gasteiger partial charge in [-0.3, -0.25) is 19.2 Å². The summed E-state index contributed by atoms with van der Waals surface area (Å²) in [5.41, 5.74) is 0.405. The Morgan fingerprint density at radius 1 is 0.870 bits per heavy atom. The molecule has 4 bridgehead atoms. The van der Waals surface area contributed by atoms with Crippen LogP contribution in [0.4, 0.5) is 0 Å². The molecule has 3 aromatic carbocycles. The molecule has 0 radical (unpaired) electrons. The molecule has 6 fully saturated rings. The summed E-state index contributed by atoms with van der Waals surface area (Å²) >= 11 is 6.46. The van der Waals surface area contributed by atoms with Crippen LogP contribution in [0, 0.1) is 22.7 Å². The number of piperazine rings is 1. The van der Waals surface area contributed by atoms with E-state index < -0.39 is 34.9 Å². The van der Waals surface area contributed by atoms with E-state index in [0.717, 1.165) is 67.1 Å². The summed E-state index contributed by atoms with van der Waals surface area (Å²) in [7, 11) is 3.78. The van der Waals surface area contributed by atoms with E-state index in [4.69, 9.17) is 11.6 Å². The fourth-order valence-electron chi connectivity index (χ4n) is 11.0. The number of nitrogens with one attached hydrogen (secondary N) is 1. The van der Waals surface area contributed by atoms with Gasteiger partial charge in [-0.2, -0.15) is 0 Å². The average Bonchev–Trinajstić information content (AvgIpc) is 3.55. The Labute approximate surface area is 322 Å². The first-order valence-corrected chi connectivity index (χ1v) is 20.0. The van der Waals surface area contributed by atoms with E-state index in [1.807, 2.05) is 65.6 Å². The van der Waals surface area contributed by atoms with Crippen LogP contribution in [-0.2, 0) is 32.1 Å². The summed E-state index contributed by atoms with van der Waals surface area (Å²) < 4.78 is 0. The third-order valence-corrected chi connectivity index (χ3v) is 13.6. The minimum Gasteiger partial charge on any atom is -0.391 e.